The van der Waals surface area contributed by atoms with Gasteiger partial charge in [0.25, 0.3) is 0 Å². The van der Waals surface area contributed by atoms with E-state index in [1.54, 1.807) is 0 Å². The third-order valence-corrected chi connectivity index (χ3v) is 1.55. The average Bonchev–Trinajstić information content (AvgIpc) is 2.15. The van der Waals surface area contributed by atoms with E-state index in [0.717, 1.165) is 19.0 Å². The van der Waals surface area contributed by atoms with Crippen LogP contribution in [0.25, 0.3) is 0 Å². The SMILES string of the molecule is CC1=NNCN1CC(C)C. The van der Waals surface area contributed by atoms with E-state index < -0.39 is 0 Å². The Labute approximate surface area is 62.1 Å². The Hall–Kier alpha value is -0.730. The predicted octanol–water partition coefficient (Wildman–Crippen LogP) is 0.838. The highest BCUT2D eigenvalue weighted by atomic mass is 15.5. The number of hydrogen-bond donors (Lipinski definition) is 1. The monoisotopic (exact) mass is 141 g/mol. The molecule has 0 aromatic carbocycles. The second-order valence-corrected chi connectivity index (χ2v) is 3.09. The standard InChI is InChI=1S/C7H15N3/c1-6(2)4-10-5-8-9-7(10)3/h6,8H,4-5H2,1-3H3. The minimum Gasteiger partial charge on any atom is -0.340 e. The lowest BCUT2D eigenvalue weighted by molar-refractivity contribution is 0.370. The van der Waals surface area contributed by atoms with Crippen LogP contribution in [-0.2, 0) is 0 Å². The fourth-order valence-corrected chi connectivity index (χ4v) is 1.06. The highest BCUT2D eigenvalue weighted by molar-refractivity contribution is 5.80. The molecule has 0 saturated carbocycles. The number of nitrogens with one attached hydrogen (secondary N) is 1. The summed E-state index contributed by atoms with van der Waals surface area (Å²) in [6.07, 6.45) is 0. The van der Waals surface area contributed by atoms with E-state index in [1.807, 2.05) is 6.92 Å². The zero-order valence-corrected chi connectivity index (χ0v) is 6.89. The largest absolute Gasteiger partial charge is 0.340 e. The molecule has 0 saturated heterocycles. The third-order valence-electron chi connectivity index (χ3n) is 1.55. The van der Waals surface area contributed by atoms with Crippen LogP contribution >= 0.6 is 0 Å². The normalized spacial score (nSPS) is 17.6. The molecule has 3 nitrogen and oxygen atoms in total. The zero-order chi connectivity index (χ0) is 7.56. The maximum Gasteiger partial charge on any atom is 0.123 e. The van der Waals surface area contributed by atoms with Crippen LogP contribution in [0.5, 0.6) is 0 Å². The lowest BCUT2D eigenvalue weighted by Crippen LogP contribution is -2.31. The maximum absolute atomic E-state index is 4.06. The molecular weight excluding hydrogens is 126 g/mol. The summed E-state index contributed by atoms with van der Waals surface area (Å²) in [5, 5.41) is 4.06. The van der Waals surface area contributed by atoms with Crippen LogP contribution in [0.2, 0.25) is 0 Å². The number of amidine groups is 1. The Kier molecular flexibility index (Phi) is 2.14. The van der Waals surface area contributed by atoms with Gasteiger partial charge in [-0.05, 0) is 12.8 Å². The highest BCUT2D eigenvalue weighted by Gasteiger charge is 2.12. The van der Waals surface area contributed by atoms with Crippen molar-refractivity contribution in [3.8, 4) is 0 Å². The van der Waals surface area contributed by atoms with Crippen molar-refractivity contribution in [2.24, 2.45) is 11.0 Å². The van der Waals surface area contributed by atoms with Crippen LogP contribution in [0.4, 0.5) is 0 Å². The van der Waals surface area contributed by atoms with Gasteiger partial charge in [-0.25, -0.2) is 0 Å². The molecule has 0 aliphatic carbocycles. The summed E-state index contributed by atoms with van der Waals surface area (Å²) in [6, 6.07) is 0. The van der Waals surface area contributed by atoms with Crippen LogP contribution in [-0.4, -0.2) is 23.9 Å². The van der Waals surface area contributed by atoms with E-state index in [9.17, 15) is 0 Å². The topological polar surface area (TPSA) is 27.6 Å². The minimum atomic E-state index is 0.713. The summed E-state index contributed by atoms with van der Waals surface area (Å²) in [5.41, 5.74) is 2.94. The van der Waals surface area contributed by atoms with E-state index in [4.69, 9.17) is 0 Å². The summed E-state index contributed by atoms with van der Waals surface area (Å²) in [7, 11) is 0. The molecule has 58 valence electrons. The van der Waals surface area contributed by atoms with Gasteiger partial charge in [0.2, 0.25) is 0 Å². The number of hydrazone groups is 1. The first-order valence-corrected chi connectivity index (χ1v) is 3.72. The van der Waals surface area contributed by atoms with Gasteiger partial charge < -0.3 is 4.90 Å². The molecule has 10 heavy (non-hydrogen) atoms. The molecule has 0 aromatic heterocycles. The molecular formula is C7H15N3. The molecule has 0 fully saturated rings. The van der Waals surface area contributed by atoms with E-state index in [0.29, 0.717) is 5.92 Å². The first kappa shape index (κ1) is 7.38. The van der Waals surface area contributed by atoms with E-state index in [2.05, 4.69) is 29.3 Å². The van der Waals surface area contributed by atoms with Crippen molar-refractivity contribution in [1.29, 1.82) is 0 Å². The second kappa shape index (κ2) is 2.90. The lowest BCUT2D eigenvalue weighted by atomic mass is 10.2. The van der Waals surface area contributed by atoms with Crippen molar-refractivity contribution in [1.82, 2.24) is 10.3 Å². The number of nitrogens with zero attached hydrogens (tertiary/aromatic N) is 2. The summed E-state index contributed by atoms with van der Waals surface area (Å²) in [5.74, 6) is 1.82. The van der Waals surface area contributed by atoms with Crippen LogP contribution in [0.1, 0.15) is 20.8 Å². The fourth-order valence-electron chi connectivity index (χ4n) is 1.06. The third kappa shape index (κ3) is 1.62. The van der Waals surface area contributed by atoms with Crippen LogP contribution < -0.4 is 5.43 Å². The lowest BCUT2D eigenvalue weighted by Gasteiger charge is -2.18. The van der Waals surface area contributed by atoms with Crippen molar-refractivity contribution in [3.05, 3.63) is 0 Å². The van der Waals surface area contributed by atoms with E-state index in [1.165, 1.54) is 0 Å². The molecule has 1 aliphatic rings. The zero-order valence-electron chi connectivity index (χ0n) is 6.89. The molecule has 0 amide bonds. The first-order valence-electron chi connectivity index (χ1n) is 3.72. The average molecular weight is 141 g/mol. The van der Waals surface area contributed by atoms with Crippen molar-refractivity contribution in [3.63, 3.8) is 0 Å². The highest BCUT2D eigenvalue weighted by Crippen LogP contribution is 2.01. The van der Waals surface area contributed by atoms with Gasteiger partial charge >= 0.3 is 0 Å². The fraction of sp³-hybridized carbons (Fsp3) is 0.857. The first-order chi connectivity index (χ1) is 4.70. The van der Waals surface area contributed by atoms with Gasteiger partial charge in [0.05, 0.1) is 0 Å². The molecule has 1 heterocycles. The second-order valence-electron chi connectivity index (χ2n) is 3.09. The van der Waals surface area contributed by atoms with Gasteiger partial charge in [-0.3, -0.25) is 5.43 Å². The van der Waals surface area contributed by atoms with Gasteiger partial charge in [-0.2, -0.15) is 5.10 Å². The number of rotatable bonds is 2. The smallest absolute Gasteiger partial charge is 0.123 e. The Morgan fingerprint density at radius 2 is 2.40 bits per heavy atom. The molecule has 1 rings (SSSR count). The Morgan fingerprint density at radius 1 is 1.70 bits per heavy atom. The Morgan fingerprint density at radius 3 is 2.80 bits per heavy atom. The minimum absolute atomic E-state index is 0.713. The molecule has 0 atom stereocenters. The molecule has 0 unspecified atom stereocenters. The van der Waals surface area contributed by atoms with Gasteiger partial charge in [-0.15, -0.1) is 0 Å². The van der Waals surface area contributed by atoms with Crippen LogP contribution in [0.15, 0.2) is 5.10 Å². The van der Waals surface area contributed by atoms with Crippen LogP contribution in [0.3, 0.4) is 0 Å². The van der Waals surface area contributed by atoms with Gasteiger partial charge in [0.1, 0.15) is 12.5 Å². The quantitative estimate of drug-likeness (QED) is 0.617. The van der Waals surface area contributed by atoms with Crippen molar-refractivity contribution >= 4 is 5.84 Å². The summed E-state index contributed by atoms with van der Waals surface area (Å²) < 4.78 is 0. The van der Waals surface area contributed by atoms with Crippen LogP contribution in [0, 0.1) is 5.92 Å². The van der Waals surface area contributed by atoms with Gasteiger partial charge in [0.15, 0.2) is 0 Å². The Balaban J connectivity index is 2.35. The molecule has 0 radical (unpaired) electrons. The van der Waals surface area contributed by atoms with Gasteiger partial charge in [0, 0.05) is 6.54 Å². The molecule has 1 N–H and O–H groups in total. The molecule has 1 aliphatic heterocycles. The number of hydrogen-bond acceptors (Lipinski definition) is 3. The van der Waals surface area contributed by atoms with E-state index in [-0.39, 0.29) is 0 Å². The molecule has 3 heteroatoms. The summed E-state index contributed by atoms with van der Waals surface area (Å²) >= 11 is 0. The molecule has 0 bridgehead atoms. The van der Waals surface area contributed by atoms with Crippen molar-refractivity contribution in [2.45, 2.75) is 20.8 Å². The molecule has 0 spiro atoms. The van der Waals surface area contributed by atoms with Crippen molar-refractivity contribution in [2.75, 3.05) is 13.2 Å². The maximum atomic E-state index is 4.06. The Bertz CT molecular complexity index is 140. The predicted molar refractivity (Wildman–Crippen MR) is 42.7 cm³/mol. The van der Waals surface area contributed by atoms with E-state index >= 15 is 0 Å². The summed E-state index contributed by atoms with van der Waals surface area (Å²) in [6.45, 7) is 8.44. The van der Waals surface area contributed by atoms with Gasteiger partial charge in [-0.1, -0.05) is 13.8 Å². The van der Waals surface area contributed by atoms with Crippen molar-refractivity contribution < 1.29 is 0 Å². The molecule has 0 aromatic rings. The summed E-state index contributed by atoms with van der Waals surface area (Å²) in [4.78, 5) is 2.24.